The molecule has 1 aliphatic rings. The van der Waals surface area contributed by atoms with E-state index in [1.807, 2.05) is 6.07 Å². The van der Waals surface area contributed by atoms with E-state index >= 15 is 0 Å². The molecule has 1 aromatic heterocycles. The summed E-state index contributed by atoms with van der Waals surface area (Å²) < 4.78 is 0. The highest BCUT2D eigenvalue weighted by molar-refractivity contribution is 5.97. The van der Waals surface area contributed by atoms with Gasteiger partial charge in [0.2, 0.25) is 5.91 Å². The fourth-order valence-corrected chi connectivity index (χ4v) is 3.32. The van der Waals surface area contributed by atoms with Crippen LogP contribution < -0.4 is 5.73 Å². The molecule has 0 aliphatic carbocycles. The summed E-state index contributed by atoms with van der Waals surface area (Å²) in [5.74, 6) is 0.123. The molecule has 5 nitrogen and oxygen atoms in total. The molecule has 118 valence electrons. The zero-order chi connectivity index (χ0) is 15.5. The minimum atomic E-state index is -0.407. The van der Waals surface area contributed by atoms with Crippen LogP contribution >= 0.6 is 0 Å². The maximum absolute atomic E-state index is 11.3. The number of fused-ring (bicyclic) bond motifs is 1. The highest BCUT2D eigenvalue weighted by atomic mass is 16.1. The minimum absolute atomic E-state index is 0.407. The molecule has 1 aromatic carbocycles. The number of aromatic nitrogens is 2. The first-order chi connectivity index (χ1) is 10.7. The molecular weight excluding hydrogens is 276 g/mol. The number of nitrogens with zero attached hydrogens (tertiary/aromatic N) is 2. The van der Waals surface area contributed by atoms with Gasteiger partial charge in [0.05, 0.1) is 5.52 Å². The third-order valence-electron chi connectivity index (χ3n) is 4.69. The van der Waals surface area contributed by atoms with Crippen LogP contribution in [0.15, 0.2) is 18.2 Å². The van der Waals surface area contributed by atoms with Crippen LogP contribution in [0.1, 0.15) is 54.6 Å². The van der Waals surface area contributed by atoms with E-state index in [-0.39, 0.29) is 0 Å². The first-order valence-corrected chi connectivity index (χ1v) is 8.19. The Morgan fingerprint density at radius 1 is 1.41 bits per heavy atom. The number of nitrogens with one attached hydrogen (secondary N) is 1. The number of carbonyl (C=O) groups excluding carboxylic acids is 1. The highest BCUT2D eigenvalue weighted by Crippen LogP contribution is 2.31. The van der Waals surface area contributed by atoms with Crippen LogP contribution in [-0.2, 0) is 0 Å². The molecule has 1 fully saturated rings. The third-order valence-corrected chi connectivity index (χ3v) is 4.69. The molecule has 0 spiro atoms. The SMILES string of the molecule is CCCCN1CCC(c2[nH]nc3cc(C(N)=O)ccc23)CC1. The normalized spacial score (nSPS) is 17.1. The number of hydrogen-bond acceptors (Lipinski definition) is 3. The van der Waals surface area contributed by atoms with Gasteiger partial charge in [0.25, 0.3) is 0 Å². The van der Waals surface area contributed by atoms with E-state index in [1.165, 1.54) is 37.9 Å². The Balaban J connectivity index is 1.73. The number of aromatic amines is 1. The minimum Gasteiger partial charge on any atom is -0.366 e. The summed E-state index contributed by atoms with van der Waals surface area (Å²) >= 11 is 0. The predicted molar refractivity (Wildman–Crippen MR) is 87.9 cm³/mol. The van der Waals surface area contributed by atoms with Crippen LogP contribution in [0.25, 0.3) is 10.9 Å². The number of benzene rings is 1. The van der Waals surface area contributed by atoms with Crippen LogP contribution in [0, 0.1) is 0 Å². The van der Waals surface area contributed by atoms with Gasteiger partial charge in [-0.3, -0.25) is 9.89 Å². The maximum Gasteiger partial charge on any atom is 0.248 e. The van der Waals surface area contributed by atoms with Crippen molar-refractivity contribution in [2.75, 3.05) is 19.6 Å². The van der Waals surface area contributed by atoms with Crippen LogP contribution in [0.5, 0.6) is 0 Å². The summed E-state index contributed by atoms with van der Waals surface area (Å²) in [5.41, 5.74) is 7.88. The summed E-state index contributed by atoms with van der Waals surface area (Å²) in [6.07, 6.45) is 4.87. The molecule has 1 amide bonds. The number of likely N-dealkylation sites (tertiary alicyclic amines) is 1. The van der Waals surface area contributed by atoms with E-state index in [0.717, 1.165) is 24.0 Å². The zero-order valence-corrected chi connectivity index (χ0v) is 13.1. The lowest BCUT2D eigenvalue weighted by Crippen LogP contribution is -2.33. The molecule has 3 rings (SSSR count). The Morgan fingerprint density at radius 3 is 2.86 bits per heavy atom. The van der Waals surface area contributed by atoms with Crippen LogP contribution in [0.3, 0.4) is 0 Å². The molecule has 0 saturated carbocycles. The molecule has 0 bridgehead atoms. The Kier molecular flexibility index (Phi) is 4.43. The molecule has 0 unspecified atom stereocenters. The second-order valence-electron chi connectivity index (χ2n) is 6.20. The molecule has 1 aliphatic heterocycles. The number of nitrogens with two attached hydrogens (primary N) is 1. The van der Waals surface area contributed by atoms with E-state index in [4.69, 9.17) is 5.73 Å². The second-order valence-corrected chi connectivity index (χ2v) is 6.20. The number of piperidine rings is 1. The van der Waals surface area contributed by atoms with Crippen molar-refractivity contribution in [2.45, 2.75) is 38.5 Å². The average molecular weight is 300 g/mol. The average Bonchev–Trinajstić information content (AvgIpc) is 2.96. The molecule has 2 aromatic rings. The van der Waals surface area contributed by atoms with Crippen molar-refractivity contribution in [1.29, 1.82) is 0 Å². The molecule has 1 saturated heterocycles. The summed E-state index contributed by atoms with van der Waals surface area (Å²) in [4.78, 5) is 13.8. The Bertz CT molecular complexity index is 656. The van der Waals surface area contributed by atoms with Gasteiger partial charge in [0.15, 0.2) is 0 Å². The molecule has 0 atom stereocenters. The number of hydrogen-bond donors (Lipinski definition) is 2. The van der Waals surface area contributed by atoms with Gasteiger partial charge in [0, 0.05) is 22.6 Å². The molecule has 22 heavy (non-hydrogen) atoms. The van der Waals surface area contributed by atoms with Crippen molar-refractivity contribution < 1.29 is 4.79 Å². The summed E-state index contributed by atoms with van der Waals surface area (Å²) in [7, 11) is 0. The lowest BCUT2D eigenvalue weighted by Gasteiger charge is -2.31. The van der Waals surface area contributed by atoms with Gasteiger partial charge in [-0.2, -0.15) is 5.10 Å². The summed E-state index contributed by atoms with van der Waals surface area (Å²) in [6, 6.07) is 5.53. The van der Waals surface area contributed by atoms with Crippen molar-refractivity contribution in [3.05, 3.63) is 29.5 Å². The maximum atomic E-state index is 11.3. The monoisotopic (exact) mass is 300 g/mol. The van der Waals surface area contributed by atoms with E-state index in [2.05, 4.69) is 22.0 Å². The number of unbranched alkanes of at least 4 members (excludes halogenated alkanes) is 1. The quantitative estimate of drug-likeness (QED) is 0.891. The standard InChI is InChI=1S/C17H24N4O/c1-2-3-8-21-9-6-12(7-10-21)16-14-5-4-13(17(18)22)11-15(14)19-20-16/h4-5,11-12H,2-3,6-10H2,1H3,(H2,18,22)(H,19,20). The topological polar surface area (TPSA) is 75.0 Å². The molecule has 5 heteroatoms. The van der Waals surface area contributed by atoms with Gasteiger partial charge < -0.3 is 10.6 Å². The number of amides is 1. The first kappa shape index (κ1) is 15.0. The van der Waals surface area contributed by atoms with E-state index in [0.29, 0.717) is 11.5 Å². The van der Waals surface area contributed by atoms with Crippen LogP contribution in [0.2, 0.25) is 0 Å². The van der Waals surface area contributed by atoms with Crippen molar-refractivity contribution in [1.82, 2.24) is 15.1 Å². The van der Waals surface area contributed by atoms with Crippen LogP contribution in [-0.4, -0.2) is 40.6 Å². The fraction of sp³-hybridized carbons (Fsp3) is 0.529. The zero-order valence-electron chi connectivity index (χ0n) is 13.1. The molecule has 0 radical (unpaired) electrons. The number of primary amides is 1. The molecular formula is C17H24N4O. The van der Waals surface area contributed by atoms with Crippen LogP contribution in [0.4, 0.5) is 0 Å². The number of carbonyl (C=O) groups is 1. The van der Waals surface area contributed by atoms with Gasteiger partial charge in [-0.05, 0) is 51.0 Å². The van der Waals surface area contributed by atoms with Crippen molar-refractivity contribution in [3.63, 3.8) is 0 Å². The van der Waals surface area contributed by atoms with E-state index < -0.39 is 5.91 Å². The predicted octanol–water partition coefficient (Wildman–Crippen LogP) is 2.64. The summed E-state index contributed by atoms with van der Waals surface area (Å²) in [5, 5.41) is 8.67. The lowest BCUT2D eigenvalue weighted by atomic mass is 9.91. The Labute approximate surface area is 130 Å². The Morgan fingerprint density at radius 2 is 2.18 bits per heavy atom. The second kappa shape index (κ2) is 6.48. The smallest absolute Gasteiger partial charge is 0.248 e. The van der Waals surface area contributed by atoms with E-state index in [9.17, 15) is 4.79 Å². The summed E-state index contributed by atoms with van der Waals surface area (Å²) in [6.45, 7) is 5.77. The van der Waals surface area contributed by atoms with Crippen molar-refractivity contribution in [3.8, 4) is 0 Å². The third kappa shape index (κ3) is 2.99. The lowest BCUT2D eigenvalue weighted by molar-refractivity contribution is 0.100. The van der Waals surface area contributed by atoms with Gasteiger partial charge in [-0.15, -0.1) is 0 Å². The number of H-pyrrole nitrogens is 1. The highest BCUT2D eigenvalue weighted by Gasteiger charge is 2.23. The molecule has 2 heterocycles. The molecule has 3 N–H and O–H groups in total. The Hall–Kier alpha value is -1.88. The van der Waals surface area contributed by atoms with Gasteiger partial charge in [-0.1, -0.05) is 19.4 Å². The van der Waals surface area contributed by atoms with E-state index in [1.54, 1.807) is 12.1 Å². The number of rotatable bonds is 5. The van der Waals surface area contributed by atoms with Gasteiger partial charge >= 0.3 is 0 Å². The largest absolute Gasteiger partial charge is 0.366 e. The van der Waals surface area contributed by atoms with Crippen molar-refractivity contribution in [2.24, 2.45) is 5.73 Å². The van der Waals surface area contributed by atoms with Crippen molar-refractivity contribution >= 4 is 16.8 Å². The van der Waals surface area contributed by atoms with Gasteiger partial charge in [0.1, 0.15) is 0 Å². The first-order valence-electron chi connectivity index (χ1n) is 8.19. The fourth-order valence-electron chi connectivity index (χ4n) is 3.32. The van der Waals surface area contributed by atoms with Gasteiger partial charge in [-0.25, -0.2) is 0 Å².